The number of hydrogen-bond donors (Lipinski definition) is 1. The summed E-state index contributed by atoms with van der Waals surface area (Å²) >= 11 is 1.37. The first kappa shape index (κ1) is 12.0. The number of aromatic nitrogens is 4. The van der Waals surface area contributed by atoms with E-state index >= 15 is 0 Å². The molecule has 7 heteroatoms. The molecule has 102 valence electrons. The minimum Gasteiger partial charge on any atom is -0.332 e. The predicted molar refractivity (Wildman–Crippen MR) is 79.0 cm³/mol. The van der Waals surface area contributed by atoms with E-state index in [0.29, 0.717) is 17.1 Å². The first-order chi connectivity index (χ1) is 10.3. The second-order valence-electron chi connectivity index (χ2n) is 4.36. The minimum atomic E-state index is -0.256. The van der Waals surface area contributed by atoms with E-state index in [1.807, 2.05) is 24.3 Å². The van der Waals surface area contributed by atoms with Crippen LogP contribution >= 0.6 is 11.5 Å². The highest BCUT2D eigenvalue weighted by molar-refractivity contribution is 7.13. The highest BCUT2D eigenvalue weighted by Crippen LogP contribution is 2.30. The Hall–Kier alpha value is -2.80. The number of benzene rings is 1. The second kappa shape index (κ2) is 4.64. The average molecular weight is 296 g/mol. The summed E-state index contributed by atoms with van der Waals surface area (Å²) < 4.78 is 10.7. The lowest BCUT2D eigenvalue weighted by atomic mass is 10.2. The summed E-state index contributed by atoms with van der Waals surface area (Å²) in [7, 11) is 0. The van der Waals surface area contributed by atoms with E-state index in [1.54, 1.807) is 18.3 Å². The highest BCUT2D eigenvalue weighted by Gasteiger charge is 2.17. The molecule has 0 spiro atoms. The molecule has 0 radical (unpaired) electrons. The molecule has 0 amide bonds. The third kappa shape index (κ3) is 1.95. The van der Waals surface area contributed by atoms with Gasteiger partial charge in [0.25, 0.3) is 11.4 Å². The number of pyridine rings is 1. The van der Waals surface area contributed by atoms with Crippen LogP contribution in [0.2, 0.25) is 0 Å². The summed E-state index contributed by atoms with van der Waals surface area (Å²) in [6.45, 7) is 0. The van der Waals surface area contributed by atoms with E-state index in [2.05, 4.69) is 19.5 Å². The Labute approximate surface area is 122 Å². The van der Waals surface area contributed by atoms with Gasteiger partial charge < -0.3 is 9.51 Å². The SMILES string of the molecule is O=c1[nH]cccc1-c1noc(-c2nsc3ccccc23)n1. The van der Waals surface area contributed by atoms with Gasteiger partial charge in [-0.25, -0.2) is 0 Å². The highest BCUT2D eigenvalue weighted by atomic mass is 32.1. The van der Waals surface area contributed by atoms with Crippen LogP contribution in [-0.4, -0.2) is 19.5 Å². The molecule has 0 saturated carbocycles. The second-order valence-corrected chi connectivity index (χ2v) is 5.17. The molecule has 0 aliphatic rings. The Bertz CT molecular complexity index is 985. The quantitative estimate of drug-likeness (QED) is 0.614. The zero-order valence-electron chi connectivity index (χ0n) is 10.6. The van der Waals surface area contributed by atoms with Crippen molar-refractivity contribution in [3.8, 4) is 23.0 Å². The Morgan fingerprint density at radius 2 is 2.05 bits per heavy atom. The average Bonchev–Trinajstić information content (AvgIpc) is 3.14. The van der Waals surface area contributed by atoms with Crippen LogP contribution in [-0.2, 0) is 0 Å². The maximum Gasteiger partial charge on any atom is 0.278 e. The summed E-state index contributed by atoms with van der Waals surface area (Å²) in [5.74, 6) is 0.564. The van der Waals surface area contributed by atoms with Crippen molar-refractivity contribution in [2.45, 2.75) is 0 Å². The molecule has 4 rings (SSSR count). The van der Waals surface area contributed by atoms with Crippen LogP contribution < -0.4 is 5.56 Å². The zero-order valence-corrected chi connectivity index (χ0v) is 11.4. The number of fused-ring (bicyclic) bond motifs is 1. The number of hydrogen-bond acceptors (Lipinski definition) is 6. The molecule has 0 saturated heterocycles. The molecule has 3 aromatic heterocycles. The van der Waals surface area contributed by atoms with Gasteiger partial charge in [-0.15, -0.1) is 0 Å². The molecule has 0 aliphatic heterocycles. The van der Waals surface area contributed by atoms with E-state index in [9.17, 15) is 4.79 Å². The smallest absolute Gasteiger partial charge is 0.278 e. The van der Waals surface area contributed by atoms with Crippen molar-refractivity contribution in [3.05, 3.63) is 52.9 Å². The third-order valence-electron chi connectivity index (χ3n) is 3.07. The van der Waals surface area contributed by atoms with E-state index < -0.39 is 0 Å². The lowest BCUT2D eigenvalue weighted by Crippen LogP contribution is -2.07. The van der Waals surface area contributed by atoms with Gasteiger partial charge in [0.1, 0.15) is 5.69 Å². The number of H-pyrrole nitrogens is 1. The van der Waals surface area contributed by atoms with Crippen LogP contribution in [0.5, 0.6) is 0 Å². The van der Waals surface area contributed by atoms with Gasteiger partial charge >= 0.3 is 0 Å². The van der Waals surface area contributed by atoms with Gasteiger partial charge in [-0.2, -0.15) is 9.36 Å². The van der Waals surface area contributed by atoms with Gasteiger partial charge in [0.05, 0.1) is 10.3 Å². The standard InChI is InChI=1S/C14H8N4O2S/c19-13-9(5-3-7-15-13)12-16-14(20-17-12)11-8-4-1-2-6-10(8)21-18-11/h1-7H,(H,15,19). The molecule has 3 heterocycles. The Balaban J connectivity index is 1.85. The van der Waals surface area contributed by atoms with Crippen molar-refractivity contribution in [3.63, 3.8) is 0 Å². The summed E-state index contributed by atoms with van der Waals surface area (Å²) in [6, 6.07) is 11.2. The van der Waals surface area contributed by atoms with Crippen molar-refractivity contribution >= 4 is 21.6 Å². The molecule has 0 aliphatic carbocycles. The van der Waals surface area contributed by atoms with Crippen LogP contribution in [0.4, 0.5) is 0 Å². The van der Waals surface area contributed by atoms with Gasteiger partial charge in [0, 0.05) is 11.6 Å². The van der Waals surface area contributed by atoms with Crippen LogP contribution in [0, 0.1) is 0 Å². The fraction of sp³-hybridized carbons (Fsp3) is 0. The number of rotatable bonds is 2. The summed E-state index contributed by atoms with van der Waals surface area (Å²) in [5.41, 5.74) is 0.752. The molecule has 4 aromatic rings. The van der Waals surface area contributed by atoms with Gasteiger partial charge in [-0.1, -0.05) is 23.4 Å². The minimum absolute atomic E-state index is 0.254. The van der Waals surface area contributed by atoms with Gasteiger partial charge in [0.15, 0.2) is 0 Å². The van der Waals surface area contributed by atoms with Crippen molar-refractivity contribution in [2.75, 3.05) is 0 Å². The van der Waals surface area contributed by atoms with Crippen molar-refractivity contribution < 1.29 is 4.52 Å². The molecular weight excluding hydrogens is 288 g/mol. The molecule has 0 unspecified atom stereocenters. The fourth-order valence-corrected chi connectivity index (χ4v) is 2.84. The number of aromatic amines is 1. The largest absolute Gasteiger partial charge is 0.332 e. The van der Waals surface area contributed by atoms with Crippen LogP contribution in [0.3, 0.4) is 0 Å². The summed E-state index contributed by atoms with van der Waals surface area (Å²) in [4.78, 5) is 18.6. The van der Waals surface area contributed by atoms with Crippen LogP contribution in [0.15, 0.2) is 51.9 Å². The van der Waals surface area contributed by atoms with Crippen LogP contribution in [0.1, 0.15) is 0 Å². The predicted octanol–water partition coefficient (Wildman–Crippen LogP) is 2.70. The zero-order chi connectivity index (χ0) is 14.2. The summed E-state index contributed by atoms with van der Waals surface area (Å²) in [5, 5.41) is 4.83. The molecule has 0 fully saturated rings. The Kier molecular flexibility index (Phi) is 2.65. The van der Waals surface area contributed by atoms with E-state index in [1.165, 1.54) is 11.5 Å². The fourth-order valence-electron chi connectivity index (χ4n) is 2.07. The molecular formula is C14H8N4O2S. The van der Waals surface area contributed by atoms with E-state index in [4.69, 9.17) is 4.52 Å². The topological polar surface area (TPSA) is 84.7 Å². The molecule has 1 aromatic carbocycles. The molecule has 0 bridgehead atoms. The maximum absolute atomic E-state index is 11.7. The van der Waals surface area contributed by atoms with Crippen molar-refractivity contribution in [1.29, 1.82) is 0 Å². The van der Waals surface area contributed by atoms with Gasteiger partial charge in [0.2, 0.25) is 5.82 Å². The molecule has 6 nitrogen and oxygen atoms in total. The third-order valence-corrected chi connectivity index (χ3v) is 3.89. The van der Waals surface area contributed by atoms with Crippen molar-refractivity contribution in [1.82, 2.24) is 19.5 Å². The number of nitrogens with zero attached hydrogens (tertiary/aromatic N) is 3. The Morgan fingerprint density at radius 3 is 2.95 bits per heavy atom. The van der Waals surface area contributed by atoms with Gasteiger partial charge in [-0.05, 0) is 29.7 Å². The van der Waals surface area contributed by atoms with Gasteiger partial charge in [-0.3, -0.25) is 4.79 Å². The van der Waals surface area contributed by atoms with E-state index in [0.717, 1.165) is 10.1 Å². The van der Waals surface area contributed by atoms with Crippen LogP contribution in [0.25, 0.3) is 33.1 Å². The lowest BCUT2D eigenvalue weighted by Gasteiger charge is -1.90. The Morgan fingerprint density at radius 1 is 1.14 bits per heavy atom. The summed E-state index contributed by atoms with van der Waals surface area (Å²) in [6.07, 6.45) is 1.56. The van der Waals surface area contributed by atoms with E-state index in [-0.39, 0.29) is 11.4 Å². The normalized spacial score (nSPS) is 11.0. The lowest BCUT2D eigenvalue weighted by molar-refractivity contribution is 0.431. The number of nitrogens with one attached hydrogen (secondary N) is 1. The molecule has 21 heavy (non-hydrogen) atoms. The van der Waals surface area contributed by atoms with Crippen molar-refractivity contribution in [2.24, 2.45) is 0 Å². The molecule has 0 atom stereocenters. The first-order valence-corrected chi connectivity index (χ1v) is 6.97. The monoisotopic (exact) mass is 296 g/mol. The molecule has 1 N–H and O–H groups in total. The maximum atomic E-state index is 11.7. The first-order valence-electron chi connectivity index (χ1n) is 6.19.